The van der Waals surface area contributed by atoms with Crippen LogP contribution in [0.1, 0.15) is 16.8 Å². The highest BCUT2D eigenvalue weighted by Gasteiger charge is 2.32. The van der Waals surface area contributed by atoms with Gasteiger partial charge >= 0.3 is 6.18 Å². The van der Waals surface area contributed by atoms with Gasteiger partial charge in [-0.15, -0.1) is 0 Å². The molecule has 20 heavy (non-hydrogen) atoms. The number of hydrogen-bond donors (Lipinski definition) is 1. The summed E-state index contributed by atoms with van der Waals surface area (Å²) in [6.45, 7) is 1.90. The molecule has 0 aliphatic carbocycles. The predicted octanol–water partition coefficient (Wildman–Crippen LogP) is 3.25. The van der Waals surface area contributed by atoms with E-state index in [1.54, 1.807) is 0 Å². The van der Waals surface area contributed by atoms with E-state index in [1.165, 1.54) is 6.21 Å². The van der Waals surface area contributed by atoms with Gasteiger partial charge in [-0.1, -0.05) is 24.3 Å². The first-order valence-corrected chi connectivity index (χ1v) is 5.72. The number of aromatic nitrogens is 2. The molecule has 0 aliphatic rings. The number of halogens is 3. The third-order valence-electron chi connectivity index (χ3n) is 2.50. The molecule has 0 radical (unpaired) electrons. The largest absolute Gasteiger partial charge is 0.433 e. The van der Waals surface area contributed by atoms with Crippen LogP contribution in [0.3, 0.4) is 0 Å². The summed E-state index contributed by atoms with van der Waals surface area (Å²) in [5, 5.41) is 3.83. The third kappa shape index (κ3) is 3.53. The van der Waals surface area contributed by atoms with Crippen molar-refractivity contribution in [1.29, 1.82) is 0 Å². The molecule has 0 unspecified atom stereocenters. The van der Waals surface area contributed by atoms with Gasteiger partial charge < -0.3 is 0 Å². The lowest BCUT2D eigenvalue weighted by atomic mass is 10.1. The fraction of sp³-hybridized carbons (Fsp3) is 0.154. The van der Waals surface area contributed by atoms with E-state index in [4.69, 9.17) is 0 Å². The number of benzene rings is 1. The zero-order valence-electron chi connectivity index (χ0n) is 10.5. The normalized spacial score (nSPS) is 11.8. The van der Waals surface area contributed by atoms with Crippen molar-refractivity contribution < 1.29 is 13.2 Å². The summed E-state index contributed by atoms with van der Waals surface area (Å²) in [7, 11) is 0. The molecule has 1 N–H and O–H groups in total. The summed E-state index contributed by atoms with van der Waals surface area (Å²) >= 11 is 0. The van der Waals surface area contributed by atoms with Crippen LogP contribution in [0.25, 0.3) is 0 Å². The Kier molecular flexibility index (Phi) is 3.97. The molecule has 4 nitrogen and oxygen atoms in total. The lowest BCUT2D eigenvalue weighted by Gasteiger charge is -2.06. The molecule has 2 rings (SSSR count). The van der Waals surface area contributed by atoms with E-state index in [0.717, 1.165) is 23.4 Å². The third-order valence-corrected chi connectivity index (χ3v) is 2.50. The summed E-state index contributed by atoms with van der Waals surface area (Å²) < 4.78 is 37.4. The molecule has 0 fully saturated rings. The molecule has 0 bridgehead atoms. The highest BCUT2D eigenvalue weighted by Crippen LogP contribution is 2.27. The van der Waals surface area contributed by atoms with Crippen LogP contribution < -0.4 is 5.43 Å². The van der Waals surface area contributed by atoms with Gasteiger partial charge in [0.25, 0.3) is 0 Å². The minimum atomic E-state index is -4.50. The highest BCUT2D eigenvalue weighted by molar-refractivity contribution is 5.81. The number of alkyl halides is 3. The van der Waals surface area contributed by atoms with Gasteiger partial charge in [0.2, 0.25) is 5.95 Å². The van der Waals surface area contributed by atoms with Crippen molar-refractivity contribution in [2.75, 3.05) is 5.43 Å². The summed E-state index contributed by atoms with van der Waals surface area (Å²) in [5.74, 6) is -0.204. The molecule has 7 heteroatoms. The first kappa shape index (κ1) is 14.0. The Morgan fingerprint density at radius 3 is 2.65 bits per heavy atom. The van der Waals surface area contributed by atoms with Crippen molar-refractivity contribution in [2.24, 2.45) is 5.10 Å². The molecular formula is C13H11F3N4. The number of rotatable bonds is 3. The van der Waals surface area contributed by atoms with Crippen LogP contribution in [-0.4, -0.2) is 16.2 Å². The maximum atomic E-state index is 12.5. The average Bonchev–Trinajstić information content (AvgIpc) is 2.40. The second-order valence-electron chi connectivity index (χ2n) is 3.99. The Bertz CT molecular complexity index is 623. The molecule has 2 aromatic rings. The minimum Gasteiger partial charge on any atom is -0.245 e. The molecule has 0 aliphatic heterocycles. The van der Waals surface area contributed by atoms with Crippen LogP contribution >= 0.6 is 0 Å². The fourth-order valence-electron chi connectivity index (χ4n) is 1.46. The zero-order valence-corrected chi connectivity index (χ0v) is 10.5. The summed E-state index contributed by atoms with van der Waals surface area (Å²) in [5.41, 5.74) is 3.22. The van der Waals surface area contributed by atoms with Crippen LogP contribution in [0.4, 0.5) is 19.1 Å². The van der Waals surface area contributed by atoms with Crippen LogP contribution in [0.15, 0.2) is 41.6 Å². The Balaban J connectivity index is 2.10. The van der Waals surface area contributed by atoms with Gasteiger partial charge in [-0.05, 0) is 24.1 Å². The molecule has 0 amide bonds. The highest BCUT2D eigenvalue weighted by atomic mass is 19.4. The van der Waals surface area contributed by atoms with Gasteiger partial charge in [0.05, 0.1) is 6.21 Å². The molecule has 1 aromatic carbocycles. The van der Waals surface area contributed by atoms with Gasteiger partial charge in [0.1, 0.15) is 5.69 Å². The number of nitrogens with one attached hydrogen (secondary N) is 1. The Morgan fingerprint density at radius 2 is 1.95 bits per heavy atom. The number of anilines is 1. The Morgan fingerprint density at radius 1 is 1.20 bits per heavy atom. The van der Waals surface area contributed by atoms with Crippen LogP contribution in [-0.2, 0) is 6.18 Å². The van der Waals surface area contributed by atoms with Crippen LogP contribution in [0.5, 0.6) is 0 Å². The lowest BCUT2D eigenvalue weighted by molar-refractivity contribution is -0.141. The van der Waals surface area contributed by atoms with Gasteiger partial charge in [0.15, 0.2) is 0 Å². The van der Waals surface area contributed by atoms with E-state index in [1.807, 2.05) is 31.2 Å². The fourth-order valence-corrected chi connectivity index (χ4v) is 1.46. The lowest BCUT2D eigenvalue weighted by Crippen LogP contribution is -2.10. The van der Waals surface area contributed by atoms with Crippen LogP contribution in [0.2, 0.25) is 0 Å². The molecule has 0 saturated heterocycles. The average molecular weight is 280 g/mol. The molecule has 104 valence electrons. The van der Waals surface area contributed by atoms with Crippen molar-refractivity contribution >= 4 is 12.2 Å². The second kappa shape index (κ2) is 5.68. The number of hydrazone groups is 1. The molecular weight excluding hydrogens is 269 g/mol. The van der Waals surface area contributed by atoms with E-state index in [9.17, 15) is 13.2 Å². The maximum absolute atomic E-state index is 12.5. The standard InChI is InChI=1S/C13H11F3N4/c1-9-4-2-3-5-10(9)8-18-20-12-17-7-6-11(19-12)13(14,15)16/h2-8H,1H3,(H,17,19,20)/b18-8+. The quantitative estimate of drug-likeness (QED) is 0.693. The summed E-state index contributed by atoms with van der Waals surface area (Å²) in [4.78, 5) is 7.01. The van der Waals surface area contributed by atoms with Crippen molar-refractivity contribution in [3.8, 4) is 0 Å². The molecule has 0 saturated carbocycles. The first-order chi connectivity index (χ1) is 9.47. The van der Waals surface area contributed by atoms with Gasteiger partial charge in [0, 0.05) is 6.20 Å². The smallest absolute Gasteiger partial charge is 0.245 e. The SMILES string of the molecule is Cc1ccccc1/C=N/Nc1nccc(C(F)(F)F)n1. The predicted molar refractivity (Wildman–Crippen MR) is 69.4 cm³/mol. The van der Waals surface area contributed by atoms with E-state index in [-0.39, 0.29) is 5.95 Å². The van der Waals surface area contributed by atoms with Gasteiger partial charge in [-0.2, -0.15) is 18.3 Å². The molecule has 0 spiro atoms. The second-order valence-corrected chi connectivity index (χ2v) is 3.99. The van der Waals surface area contributed by atoms with Crippen molar-refractivity contribution in [2.45, 2.75) is 13.1 Å². The van der Waals surface area contributed by atoms with Crippen LogP contribution in [0, 0.1) is 6.92 Å². The van der Waals surface area contributed by atoms with E-state index in [0.29, 0.717) is 0 Å². The van der Waals surface area contributed by atoms with Crippen molar-refractivity contribution in [3.63, 3.8) is 0 Å². The molecule has 1 heterocycles. The van der Waals surface area contributed by atoms with Gasteiger partial charge in [-0.25, -0.2) is 15.4 Å². The summed E-state index contributed by atoms with van der Waals surface area (Å²) in [6, 6.07) is 8.27. The van der Waals surface area contributed by atoms with E-state index in [2.05, 4.69) is 20.5 Å². The monoisotopic (exact) mass is 280 g/mol. The van der Waals surface area contributed by atoms with Gasteiger partial charge in [-0.3, -0.25) is 0 Å². The zero-order chi connectivity index (χ0) is 14.6. The molecule has 0 atom stereocenters. The number of nitrogens with zero attached hydrogens (tertiary/aromatic N) is 3. The number of aryl methyl sites for hydroxylation is 1. The van der Waals surface area contributed by atoms with Crippen molar-refractivity contribution in [1.82, 2.24) is 9.97 Å². The van der Waals surface area contributed by atoms with E-state index >= 15 is 0 Å². The molecule has 1 aromatic heterocycles. The summed E-state index contributed by atoms with van der Waals surface area (Å²) in [6.07, 6.45) is -1.97. The van der Waals surface area contributed by atoms with E-state index < -0.39 is 11.9 Å². The maximum Gasteiger partial charge on any atom is 0.433 e. The topological polar surface area (TPSA) is 50.2 Å². The minimum absolute atomic E-state index is 0.204. The first-order valence-electron chi connectivity index (χ1n) is 5.72. The Labute approximate surface area is 113 Å². The Hall–Kier alpha value is -2.44. The number of hydrogen-bond acceptors (Lipinski definition) is 4. The van der Waals surface area contributed by atoms with Crippen molar-refractivity contribution in [3.05, 3.63) is 53.3 Å².